The van der Waals surface area contributed by atoms with Gasteiger partial charge in [-0.1, -0.05) is 30.3 Å². The van der Waals surface area contributed by atoms with Crippen LogP contribution in [0.4, 0.5) is 0 Å². The largest absolute Gasteiger partial charge is 0.381 e. The first-order chi connectivity index (χ1) is 12.6. The van der Waals surface area contributed by atoms with Gasteiger partial charge in [0.1, 0.15) is 0 Å². The van der Waals surface area contributed by atoms with Crippen LogP contribution in [-0.4, -0.2) is 54.6 Å². The minimum atomic E-state index is -0.513. The molecule has 2 saturated heterocycles. The summed E-state index contributed by atoms with van der Waals surface area (Å²) in [5.74, 6) is 0.604. The molecule has 0 radical (unpaired) electrons. The van der Waals surface area contributed by atoms with Gasteiger partial charge < -0.3 is 20.7 Å². The van der Waals surface area contributed by atoms with Crippen molar-refractivity contribution in [3.05, 3.63) is 35.9 Å². The highest BCUT2D eigenvalue weighted by molar-refractivity contribution is 5.85. The number of carbonyl (C=O) groups is 2. The van der Waals surface area contributed by atoms with E-state index in [-0.39, 0.29) is 29.8 Å². The molecule has 2 heterocycles. The van der Waals surface area contributed by atoms with Crippen LogP contribution in [0.2, 0.25) is 0 Å². The third-order valence-electron chi connectivity index (χ3n) is 5.97. The van der Waals surface area contributed by atoms with Gasteiger partial charge in [0.05, 0.1) is 12.1 Å². The lowest BCUT2D eigenvalue weighted by molar-refractivity contribution is -0.128. The van der Waals surface area contributed by atoms with Gasteiger partial charge >= 0.3 is 0 Å². The number of rotatable bonds is 5. The molecule has 0 aromatic heterocycles. The molecule has 2 amide bonds. The summed E-state index contributed by atoms with van der Waals surface area (Å²) in [6.07, 6.45) is 3.04. The van der Waals surface area contributed by atoms with Crippen molar-refractivity contribution < 1.29 is 14.3 Å². The molecule has 6 heteroatoms. The molecule has 4 rings (SSSR count). The molecule has 140 valence electrons. The predicted octanol–water partition coefficient (Wildman–Crippen LogP) is 1.01. The summed E-state index contributed by atoms with van der Waals surface area (Å²) >= 11 is 0. The van der Waals surface area contributed by atoms with Crippen LogP contribution < -0.4 is 11.1 Å². The van der Waals surface area contributed by atoms with E-state index in [1.54, 1.807) is 0 Å². The molecule has 3 aliphatic rings. The van der Waals surface area contributed by atoms with Crippen LogP contribution in [0.15, 0.2) is 30.3 Å². The molecule has 0 bridgehead atoms. The number of nitrogens with two attached hydrogens (primary N) is 1. The number of benzene rings is 1. The molecule has 26 heavy (non-hydrogen) atoms. The van der Waals surface area contributed by atoms with Crippen LogP contribution in [0.25, 0.3) is 0 Å². The quantitative estimate of drug-likeness (QED) is 0.824. The van der Waals surface area contributed by atoms with Crippen molar-refractivity contribution in [1.29, 1.82) is 0 Å². The van der Waals surface area contributed by atoms with Crippen molar-refractivity contribution in [2.45, 2.75) is 49.7 Å². The summed E-state index contributed by atoms with van der Waals surface area (Å²) in [6, 6.07) is 9.97. The Bertz CT molecular complexity index is 660. The second-order valence-corrected chi connectivity index (χ2v) is 7.75. The monoisotopic (exact) mass is 357 g/mol. The number of hydrogen-bond donors (Lipinski definition) is 2. The summed E-state index contributed by atoms with van der Waals surface area (Å²) < 4.78 is 5.33. The fourth-order valence-electron chi connectivity index (χ4n) is 4.32. The molecule has 1 saturated carbocycles. The molecule has 1 aromatic rings. The van der Waals surface area contributed by atoms with Crippen LogP contribution in [0.3, 0.4) is 0 Å². The van der Waals surface area contributed by atoms with E-state index in [4.69, 9.17) is 10.5 Å². The minimum absolute atomic E-state index is 0.127. The Labute approximate surface area is 154 Å². The topological polar surface area (TPSA) is 84.7 Å². The summed E-state index contributed by atoms with van der Waals surface area (Å²) in [7, 11) is 0. The zero-order valence-corrected chi connectivity index (χ0v) is 15.0. The summed E-state index contributed by atoms with van der Waals surface area (Å²) in [4.78, 5) is 26.8. The van der Waals surface area contributed by atoms with Gasteiger partial charge in [-0.15, -0.1) is 0 Å². The SMILES string of the molecule is NC(C(=O)NC1CC(=O)N(C2CC2c2ccccc2)C1)C1CCOCC1. The summed E-state index contributed by atoms with van der Waals surface area (Å²) in [5.41, 5.74) is 7.43. The Hall–Kier alpha value is -1.92. The highest BCUT2D eigenvalue weighted by atomic mass is 16.5. The maximum Gasteiger partial charge on any atom is 0.237 e. The van der Waals surface area contributed by atoms with Crippen molar-refractivity contribution in [3.63, 3.8) is 0 Å². The second kappa shape index (κ2) is 7.37. The lowest BCUT2D eigenvalue weighted by atomic mass is 9.91. The van der Waals surface area contributed by atoms with E-state index in [1.165, 1.54) is 5.56 Å². The molecule has 4 atom stereocenters. The number of carbonyl (C=O) groups excluding carboxylic acids is 2. The average Bonchev–Trinajstić information content (AvgIpc) is 3.39. The Morgan fingerprint density at radius 3 is 2.69 bits per heavy atom. The first kappa shape index (κ1) is 17.5. The Kier molecular flexibility index (Phi) is 4.96. The van der Waals surface area contributed by atoms with Gasteiger partial charge in [-0.3, -0.25) is 9.59 Å². The molecule has 1 aliphatic carbocycles. The van der Waals surface area contributed by atoms with E-state index in [0.717, 1.165) is 19.3 Å². The number of likely N-dealkylation sites (tertiary alicyclic amines) is 1. The van der Waals surface area contributed by atoms with E-state index in [2.05, 4.69) is 17.4 Å². The van der Waals surface area contributed by atoms with E-state index in [9.17, 15) is 9.59 Å². The Morgan fingerprint density at radius 2 is 1.96 bits per heavy atom. The standard InChI is InChI=1S/C20H27N3O3/c21-19(14-6-8-26-9-7-14)20(25)22-15-10-18(24)23(12-15)17-11-16(17)13-4-2-1-3-5-13/h1-5,14-17,19H,6-12,21H2,(H,22,25). The summed E-state index contributed by atoms with van der Waals surface area (Å²) in [5, 5.41) is 3.01. The number of hydrogen-bond acceptors (Lipinski definition) is 4. The maximum atomic E-state index is 12.5. The van der Waals surface area contributed by atoms with Crippen molar-refractivity contribution >= 4 is 11.8 Å². The third-order valence-corrected chi connectivity index (χ3v) is 5.97. The number of amides is 2. The van der Waals surface area contributed by atoms with Gasteiger partial charge in [0.25, 0.3) is 0 Å². The van der Waals surface area contributed by atoms with Gasteiger partial charge in [0, 0.05) is 38.1 Å². The van der Waals surface area contributed by atoms with Gasteiger partial charge in [-0.2, -0.15) is 0 Å². The van der Waals surface area contributed by atoms with Crippen molar-refractivity contribution in [1.82, 2.24) is 10.2 Å². The van der Waals surface area contributed by atoms with Crippen LogP contribution in [0.5, 0.6) is 0 Å². The van der Waals surface area contributed by atoms with Crippen LogP contribution in [0, 0.1) is 5.92 Å². The van der Waals surface area contributed by atoms with Crippen molar-refractivity contribution in [2.75, 3.05) is 19.8 Å². The Morgan fingerprint density at radius 1 is 1.23 bits per heavy atom. The molecule has 3 fully saturated rings. The first-order valence-electron chi connectivity index (χ1n) is 9.61. The van der Waals surface area contributed by atoms with E-state index >= 15 is 0 Å². The summed E-state index contributed by atoms with van der Waals surface area (Å²) in [6.45, 7) is 1.94. The molecule has 2 aliphatic heterocycles. The van der Waals surface area contributed by atoms with Crippen LogP contribution in [-0.2, 0) is 14.3 Å². The zero-order chi connectivity index (χ0) is 18.1. The van der Waals surface area contributed by atoms with Crippen LogP contribution in [0.1, 0.15) is 37.2 Å². The van der Waals surface area contributed by atoms with Gasteiger partial charge in [-0.25, -0.2) is 0 Å². The molecule has 4 unspecified atom stereocenters. The molecule has 1 aromatic carbocycles. The molecule has 0 spiro atoms. The maximum absolute atomic E-state index is 12.5. The normalized spacial score (nSPS) is 30.3. The smallest absolute Gasteiger partial charge is 0.237 e. The lowest BCUT2D eigenvalue weighted by Gasteiger charge is -2.27. The highest BCUT2D eigenvalue weighted by Gasteiger charge is 2.48. The van der Waals surface area contributed by atoms with E-state index in [1.807, 2.05) is 23.1 Å². The second-order valence-electron chi connectivity index (χ2n) is 7.75. The molecule has 6 nitrogen and oxygen atoms in total. The lowest BCUT2D eigenvalue weighted by Crippen LogP contribution is -2.50. The highest BCUT2D eigenvalue weighted by Crippen LogP contribution is 2.45. The number of ether oxygens (including phenoxy) is 1. The minimum Gasteiger partial charge on any atom is -0.381 e. The fourth-order valence-corrected chi connectivity index (χ4v) is 4.32. The zero-order valence-electron chi connectivity index (χ0n) is 15.0. The van der Waals surface area contributed by atoms with Gasteiger partial charge in [0.2, 0.25) is 11.8 Å². The molecular formula is C20H27N3O3. The van der Waals surface area contributed by atoms with Gasteiger partial charge in [-0.05, 0) is 30.7 Å². The fraction of sp³-hybridized carbons (Fsp3) is 0.600. The number of nitrogens with zero attached hydrogens (tertiary/aromatic N) is 1. The van der Waals surface area contributed by atoms with Crippen LogP contribution >= 0.6 is 0 Å². The number of nitrogens with one attached hydrogen (secondary N) is 1. The molecular weight excluding hydrogens is 330 g/mol. The van der Waals surface area contributed by atoms with Gasteiger partial charge in [0.15, 0.2) is 0 Å². The van der Waals surface area contributed by atoms with E-state index in [0.29, 0.717) is 32.1 Å². The van der Waals surface area contributed by atoms with E-state index < -0.39 is 6.04 Å². The first-order valence-corrected chi connectivity index (χ1v) is 9.61. The Balaban J connectivity index is 1.30. The predicted molar refractivity (Wildman–Crippen MR) is 97.4 cm³/mol. The van der Waals surface area contributed by atoms with Crippen molar-refractivity contribution in [3.8, 4) is 0 Å². The van der Waals surface area contributed by atoms with Crippen molar-refractivity contribution in [2.24, 2.45) is 11.7 Å². The average molecular weight is 357 g/mol. The third kappa shape index (κ3) is 3.62. The molecule has 3 N–H and O–H groups in total.